The molecule has 1 aromatic carbocycles. The lowest BCUT2D eigenvalue weighted by atomic mass is 9.88. The summed E-state index contributed by atoms with van der Waals surface area (Å²) < 4.78 is 27.7. The van der Waals surface area contributed by atoms with Crippen LogP contribution in [0.3, 0.4) is 0 Å². The highest BCUT2D eigenvalue weighted by Gasteiger charge is 2.45. The molecule has 4 N–H and O–H groups in total. The number of hydrogen-bond acceptors (Lipinski definition) is 6. The van der Waals surface area contributed by atoms with E-state index in [9.17, 15) is 13.6 Å². The molecule has 176 valence electrons. The minimum atomic E-state index is -2.63. The summed E-state index contributed by atoms with van der Waals surface area (Å²) in [6.07, 6.45) is 4.10. The highest BCUT2D eigenvalue weighted by atomic mass is 35.5. The molecular weight excluding hydrogens is 475 g/mol. The van der Waals surface area contributed by atoms with Gasteiger partial charge >= 0.3 is 0 Å². The highest BCUT2D eigenvalue weighted by molar-refractivity contribution is 6.30. The molecule has 0 unspecified atom stereocenters. The van der Waals surface area contributed by atoms with E-state index >= 15 is 0 Å². The summed E-state index contributed by atoms with van der Waals surface area (Å²) in [7, 11) is 0. The van der Waals surface area contributed by atoms with Gasteiger partial charge in [-0.05, 0) is 24.6 Å². The molecule has 2 aromatic heterocycles. The summed E-state index contributed by atoms with van der Waals surface area (Å²) in [5.74, 6) is -2.30. The van der Waals surface area contributed by atoms with Gasteiger partial charge in [0.05, 0.1) is 6.04 Å². The summed E-state index contributed by atoms with van der Waals surface area (Å²) in [6, 6.07) is 6.31. The maximum atomic E-state index is 13.1. The molecule has 4 rings (SSSR count). The third kappa shape index (κ3) is 5.76. The third-order valence-electron chi connectivity index (χ3n) is 5.22. The topological polar surface area (TPSA) is 111 Å². The van der Waals surface area contributed by atoms with Gasteiger partial charge in [-0.2, -0.15) is 4.98 Å². The molecule has 0 aliphatic heterocycles. The number of rotatable bonds is 7. The second-order valence-corrected chi connectivity index (χ2v) is 8.23. The smallest absolute Gasteiger partial charge is 0.272 e. The molecule has 1 aliphatic rings. The molecule has 0 saturated heterocycles. The van der Waals surface area contributed by atoms with Gasteiger partial charge in [-0.3, -0.25) is 9.36 Å². The van der Waals surface area contributed by atoms with Gasteiger partial charge in [0.25, 0.3) is 11.8 Å². The minimum absolute atomic E-state index is 0. The minimum Gasteiger partial charge on any atom is -0.351 e. The number of halogens is 4. The van der Waals surface area contributed by atoms with Crippen LogP contribution >= 0.6 is 24.0 Å². The highest BCUT2D eigenvalue weighted by Crippen LogP contribution is 2.38. The van der Waals surface area contributed by atoms with Crippen molar-refractivity contribution >= 4 is 35.9 Å². The van der Waals surface area contributed by atoms with Crippen molar-refractivity contribution in [2.24, 2.45) is 5.73 Å². The molecule has 1 amide bonds. The first-order chi connectivity index (χ1) is 15.2. The molecular formula is C21H23Cl2F2N7O. The van der Waals surface area contributed by atoms with Gasteiger partial charge in [-0.1, -0.05) is 23.7 Å². The first-order valence-electron chi connectivity index (χ1n) is 10.0. The Kier molecular flexibility index (Phi) is 7.51. The van der Waals surface area contributed by atoms with Crippen LogP contribution in [0.25, 0.3) is 5.82 Å². The van der Waals surface area contributed by atoms with Crippen molar-refractivity contribution in [3.8, 4) is 5.82 Å². The number of hydrogen-bond donors (Lipinski definition) is 3. The van der Waals surface area contributed by atoms with Crippen LogP contribution in [-0.4, -0.2) is 43.9 Å². The summed E-state index contributed by atoms with van der Waals surface area (Å²) in [4.78, 5) is 25.5. The van der Waals surface area contributed by atoms with Crippen LogP contribution in [0, 0.1) is 6.92 Å². The van der Waals surface area contributed by atoms with Crippen molar-refractivity contribution in [2.45, 2.75) is 37.8 Å². The van der Waals surface area contributed by atoms with Crippen molar-refractivity contribution in [2.75, 3.05) is 11.9 Å². The largest absolute Gasteiger partial charge is 0.351 e. The molecule has 12 heteroatoms. The SMILES string of the molecule is Cc1cnc(NC2CC(F)(F)C2)nc1-n1cnc(C(=O)N[C@H](CN)c2cccc(Cl)c2)c1.Cl. The van der Waals surface area contributed by atoms with Gasteiger partial charge in [-0.25, -0.2) is 18.7 Å². The van der Waals surface area contributed by atoms with E-state index in [4.69, 9.17) is 17.3 Å². The Morgan fingerprint density at radius 1 is 1.36 bits per heavy atom. The number of aryl methyl sites for hydroxylation is 1. The van der Waals surface area contributed by atoms with E-state index in [-0.39, 0.29) is 49.5 Å². The van der Waals surface area contributed by atoms with E-state index in [2.05, 4.69) is 25.6 Å². The van der Waals surface area contributed by atoms with Gasteiger partial charge in [0.1, 0.15) is 17.8 Å². The van der Waals surface area contributed by atoms with E-state index in [1.807, 2.05) is 6.07 Å². The number of alkyl halides is 2. The van der Waals surface area contributed by atoms with Crippen molar-refractivity contribution in [1.82, 2.24) is 24.8 Å². The number of nitrogens with one attached hydrogen (secondary N) is 2. The molecule has 1 fully saturated rings. The standard InChI is InChI=1S/C21H22ClF2N7O.ClH/c1-12-9-26-20(28-15-6-21(23,24)7-15)30-18(12)31-10-17(27-11-31)19(32)29-16(8-25)13-3-2-4-14(22)5-13;/h2-5,9-11,15-16H,6-8,25H2,1H3,(H,29,32)(H,26,28,30);1H/t16-;/m1./s1. The maximum Gasteiger partial charge on any atom is 0.272 e. The molecule has 1 saturated carbocycles. The van der Waals surface area contributed by atoms with E-state index in [0.717, 1.165) is 11.1 Å². The molecule has 1 atom stereocenters. The van der Waals surface area contributed by atoms with E-state index < -0.39 is 17.9 Å². The Bertz CT molecular complexity index is 1130. The first-order valence-corrected chi connectivity index (χ1v) is 10.4. The van der Waals surface area contributed by atoms with Crippen molar-refractivity contribution in [1.29, 1.82) is 0 Å². The Hall–Kier alpha value is -2.82. The van der Waals surface area contributed by atoms with Crippen LogP contribution in [0.15, 0.2) is 43.0 Å². The van der Waals surface area contributed by atoms with Crippen LogP contribution in [0.4, 0.5) is 14.7 Å². The average molecular weight is 498 g/mol. The molecule has 3 aromatic rings. The summed E-state index contributed by atoms with van der Waals surface area (Å²) in [5.41, 5.74) is 7.53. The van der Waals surface area contributed by atoms with Crippen LogP contribution in [-0.2, 0) is 0 Å². The zero-order valence-corrected chi connectivity index (χ0v) is 19.2. The molecule has 1 aliphatic carbocycles. The quantitative estimate of drug-likeness (QED) is 0.459. The monoisotopic (exact) mass is 497 g/mol. The van der Waals surface area contributed by atoms with E-state index in [0.29, 0.717) is 10.8 Å². The molecule has 8 nitrogen and oxygen atoms in total. The Morgan fingerprint density at radius 2 is 2.12 bits per heavy atom. The lowest BCUT2D eigenvalue weighted by molar-refractivity contribution is -0.0794. The number of nitrogens with zero attached hydrogens (tertiary/aromatic N) is 4. The zero-order chi connectivity index (χ0) is 22.9. The number of carbonyl (C=O) groups is 1. The maximum absolute atomic E-state index is 13.1. The number of carbonyl (C=O) groups excluding carboxylic acids is 1. The van der Waals surface area contributed by atoms with E-state index in [1.54, 1.807) is 35.9 Å². The first kappa shape index (κ1) is 24.8. The van der Waals surface area contributed by atoms with Gasteiger partial charge in [-0.15, -0.1) is 12.4 Å². The van der Waals surface area contributed by atoms with Crippen molar-refractivity contribution in [3.63, 3.8) is 0 Å². The molecule has 0 spiro atoms. The van der Waals surface area contributed by atoms with Crippen molar-refractivity contribution < 1.29 is 13.6 Å². The fraction of sp³-hybridized carbons (Fsp3) is 0.333. The van der Waals surface area contributed by atoms with Crippen LogP contribution in [0.5, 0.6) is 0 Å². The van der Waals surface area contributed by atoms with Crippen LogP contribution in [0.2, 0.25) is 5.02 Å². The number of amides is 1. The van der Waals surface area contributed by atoms with Gasteiger partial charge in [0.15, 0.2) is 0 Å². The number of anilines is 1. The predicted octanol–water partition coefficient (Wildman–Crippen LogP) is 3.69. The second kappa shape index (κ2) is 9.98. The Labute approximate surface area is 200 Å². The van der Waals surface area contributed by atoms with Crippen LogP contribution in [0.1, 0.15) is 40.5 Å². The number of imidazole rings is 1. The normalized spacial score (nSPS) is 15.8. The second-order valence-electron chi connectivity index (χ2n) is 7.79. The lowest BCUT2D eigenvalue weighted by Crippen LogP contribution is -2.44. The molecule has 33 heavy (non-hydrogen) atoms. The predicted molar refractivity (Wildman–Crippen MR) is 123 cm³/mol. The fourth-order valence-corrected chi connectivity index (χ4v) is 3.70. The van der Waals surface area contributed by atoms with Gasteiger partial charge in [0, 0.05) is 48.4 Å². The summed E-state index contributed by atoms with van der Waals surface area (Å²) in [6.45, 7) is 1.99. The molecule has 0 bridgehead atoms. The lowest BCUT2D eigenvalue weighted by Gasteiger charge is -2.35. The Morgan fingerprint density at radius 3 is 2.79 bits per heavy atom. The third-order valence-corrected chi connectivity index (χ3v) is 5.46. The van der Waals surface area contributed by atoms with Crippen LogP contribution < -0.4 is 16.4 Å². The zero-order valence-electron chi connectivity index (χ0n) is 17.6. The Balaban J connectivity index is 0.00000306. The number of benzene rings is 1. The summed E-state index contributed by atoms with van der Waals surface area (Å²) in [5, 5.41) is 6.32. The summed E-state index contributed by atoms with van der Waals surface area (Å²) >= 11 is 6.03. The van der Waals surface area contributed by atoms with Crippen molar-refractivity contribution in [3.05, 3.63) is 64.8 Å². The fourth-order valence-electron chi connectivity index (χ4n) is 3.50. The molecule has 0 radical (unpaired) electrons. The molecule has 2 heterocycles. The van der Waals surface area contributed by atoms with Gasteiger partial charge in [0.2, 0.25) is 5.95 Å². The number of aromatic nitrogens is 4. The van der Waals surface area contributed by atoms with E-state index in [1.165, 1.54) is 12.5 Å². The van der Waals surface area contributed by atoms with Gasteiger partial charge < -0.3 is 16.4 Å². The average Bonchev–Trinajstić information content (AvgIpc) is 3.22. The number of nitrogens with two attached hydrogens (primary N) is 1.